The summed E-state index contributed by atoms with van der Waals surface area (Å²) in [6.07, 6.45) is 6.58. The maximum atomic E-state index is 12.6. The lowest BCUT2D eigenvalue weighted by molar-refractivity contribution is -0.132. The van der Waals surface area contributed by atoms with Crippen molar-refractivity contribution in [1.29, 1.82) is 0 Å². The summed E-state index contributed by atoms with van der Waals surface area (Å²) in [7, 11) is 0. The molecule has 2 aromatic carbocycles. The maximum absolute atomic E-state index is 12.6. The van der Waals surface area contributed by atoms with Crippen molar-refractivity contribution < 1.29 is 9.59 Å². The number of hydrogen-bond donors (Lipinski definition) is 1. The normalized spacial score (nSPS) is 14.9. The molecule has 30 heavy (non-hydrogen) atoms. The van der Waals surface area contributed by atoms with E-state index in [4.69, 9.17) is 0 Å². The molecule has 0 spiro atoms. The minimum atomic E-state index is -0.0380. The van der Waals surface area contributed by atoms with Gasteiger partial charge in [-0.05, 0) is 30.5 Å². The van der Waals surface area contributed by atoms with Crippen LogP contribution < -0.4 is 5.32 Å². The Balaban J connectivity index is 1.30. The van der Waals surface area contributed by atoms with E-state index in [0.717, 1.165) is 22.0 Å². The van der Waals surface area contributed by atoms with Gasteiger partial charge < -0.3 is 10.2 Å². The molecule has 2 heterocycles. The van der Waals surface area contributed by atoms with Crippen molar-refractivity contribution in [2.75, 3.05) is 13.1 Å². The van der Waals surface area contributed by atoms with Crippen molar-refractivity contribution in [3.8, 4) is 0 Å². The Labute approximate surface area is 176 Å². The first-order valence-electron chi connectivity index (χ1n) is 10.3. The number of para-hydroxylation sites is 1. The minimum absolute atomic E-state index is 0.0222. The lowest BCUT2D eigenvalue weighted by Gasteiger charge is -2.30. The maximum Gasteiger partial charge on any atom is 0.246 e. The highest BCUT2D eigenvalue weighted by Crippen LogP contribution is 2.20. The zero-order valence-electron chi connectivity index (χ0n) is 16.8. The molecule has 152 valence electrons. The van der Waals surface area contributed by atoms with Gasteiger partial charge in [0.1, 0.15) is 0 Å². The number of carbonyl (C=O) groups excluding carboxylic acids is 2. The van der Waals surface area contributed by atoms with E-state index < -0.39 is 0 Å². The van der Waals surface area contributed by atoms with E-state index in [1.807, 2.05) is 71.6 Å². The molecule has 0 bridgehead atoms. The van der Waals surface area contributed by atoms with Crippen LogP contribution in [-0.4, -0.2) is 34.8 Å². The third-order valence-electron chi connectivity index (χ3n) is 5.56. The van der Waals surface area contributed by atoms with Crippen LogP contribution in [0.2, 0.25) is 0 Å². The fourth-order valence-electron chi connectivity index (χ4n) is 3.82. The van der Waals surface area contributed by atoms with Gasteiger partial charge in [-0.2, -0.15) is 0 Å². The highest BCUT2D eigenvalue weighted by molar-refractivity contribution is 5.95. The van der Waals surface area contributed by atoms with Crippen molar-refractivity contribution in [3.05, 3.63) is 84.1 Å². The zero-order valence-corrected chi connectivity index (χ0v) is 16.8. The SMILES string of the molecule is O=C(NCc1ccccc1)C1CCN(C(=O)/C=C/c2cccc3cccnc23)CC1. The summed E-state index contributed by atoms with van der Waals surface area (Å²) in [4.78, 5) is 31.3. The molecular formula is C25H25N3O2. The van der Waals surface area contributed by atoms with Crippen molar-refractivity contribution in [2.24, 2.45) is 5.92 Å². The molecule has 1 aliphatic heterocycles. The van der Waals surface area contributed by atoms with Crippen molar-refractivity contribution in [2.45, 2.75) is 19.4 Å². The molecular weight excluding hydrogens is 374 g/mol. The van der Waals surface area contributed by atoms with Crippen LogP contribution >= 0.6 is 0 Å². The van der Waals surface area contributed by atoms with Gasteiger partial charge in [0.05, 0.1) is 5.52 Å². The standard InChI is InChI=1S/C25H25N3O2/c29-23(12-11-21-9-4-8-20-10-5-15-26-24(20)21)28-16-13-22(14-17-28)25(30)27-18-19-6-2-1-3-7-19/h1-12,15,22H,13-14,16-18H2,(H,27,30)/b12-11+. The lowest BCUT2D eigenvalue weighted by Crippen LogP contribution is -2.42. The van der Waals surface area contributed by atoms with E-state index in [-0.39, 0.29) is 17.7 Å². The number of nitrogens with zero attached hydrogens (tertiary/aromatic N) is 2. The molecule has 0 atom stereocenters. The Morgan fingerprint density at radius 1 is 1.00 bits per heavy atom. The molecule has 1 saturated heterocycles. The molecule has 5 heteroatoms. The second-order valence-corrected chi connectivity index (χ2v) is 7.56. The summed E-state index contributed by atoms with van der Waals surface area (Å²) >= 11 is 0. The van der Waals surface area contributed by atoms with Gasteiger partial charge in [-0.15, -0.1) is 0 Å². The number of likely N-dealkylation sites (tertiary alicyclic amines) is 1. The van der Waals surface area contributed by atoms with Crippen LogP contribution in [0.5, 0.6) is 0 Å². The molecule has 1 aliphatic rings. The van der Waals surface area contributed by atoms with Crippen molar-refractivity contribution in [1.82, 2.24) is 15.2 Å². The topological polar surface area (TPSA) is 62.3 Å². The van der Waals surface area contributed by atoms with Crippen LogP contribution in [0.1, 0.15) is 24.0 Å². The highest BCUT2D eigenvalue weighted by Gasteiger charge is 2.26. The van der Waals surface area contributed by atoms with Crippen LogP contribution in [-0.2, 0) is 16.1 Å². The number of nitrogens with one attached hydrogen (secondary N) is 1. The first kappa shape index (κ1) is 19.8. The molecule has 2 amide bonds. The van der Waals surface area contributed by atoms with Crippen LogP contribution in [0.25, 0.3) is 17.0 Å². The summed E-state index contributed by atoms with van der Waals surface area (Å²) in [6.45, 7) is 1.74. The second-order valence-electron chi connectivity index (χ2n) is 7.56. The largest absolute Gasteiger partial charge is 0.352 e. The van der Waals surface area contributed by atoms with Crippen molar-refractivity contribution in [3.63, 3.8) is 0 Å². The fourth-order valence-corrected chi connectivity index (χ4v) is 3.82. The van der Waals surface area contributed by atoms with E-state index in [9.17, 15) is 9.59 Å². The molecule has 0 unspecified atom stereocenters. The third-order valence-corrected chi connectivity index (χ3v) is 5.56. The summed E-state index contributed by atoms with van der Waals surface area (Å²) in [6, 6.07) is 19.7. The number of aromatic nitrogens is 1. The Morgan fingerprint density at radius 3 is 2.57 bits per heavy atom. The van der Waals surface area contributed by atoms with E-state index in [1.165, 1.54) is 0 Å². The summed E-state index contributed by atoms with van der Waals surface area (Å²) in [5.41, 5.74) is 2.90. The summed E-state index contributed by atoms with van der Waals surface area (Å²) in [5, 5.41) is 4.06. The molecule has 5 nitrogen and oxygen atoms in total. The Hall–Kier alpha value is -3.47. The van der Waals surface area contributed by atoms with E-state index in [2.05, 4.69) is 10.3 Å². The first-order valence-corrected chi connectivity index (χ1v) is 10.3. The minimum Gasteiger partial charge on any atom is -0.352 e. The number of pyridine rings is 1. The van der Waals surface area contributed by atoms with Gasteiger partial charge in [0, 0.05) is 48.8 Å². The van der Waals surface area contributed by atoms with Gasteiger partial charge in [0.15, 0.2) is 0 Å². The predicted octanol–water partition coefficient (Wildman–Crippen LogP) is 3.80. The second kappa shape index (κ2) is 9.35. The fraction of sp³-hybridized carbons (Fsp3) is 0.240. The molecule has 0 aliphatic carbocycles. The number of fused-ring (bicyclic) bond motifs is 1. The molecule has 0 radical (unpaired) electrons. The average molecular weight is 399 g/mol. The van der Waals surface area contributed by atoms with E-state index in [1.54, 1.807) is 12.3 Å². The quantitative estimate of drug-likeness (QED) is 0.664. The highest BCUT2D eigenvalue weighted by atomic mass is 16.2. The zero-order chi connectivity index (χ0) is 20.8. The van der Waals surface area contributed by atoms with Gasteiger partial charge in [0.2, 0.25) is 11.8 Å². The number of rotatable bonds is 5. The summed E-state index contributed by atoms with van der Waals surface area (Å²) < 4.78 is 0. The van der Waals surface area contributed by atoms with Gasteiger partial charge in [-0.3, -0.25) is 14.6 Å². The Kier molecular flexibility index (Phi) is 6.18. The van der Waals surface area contributed by atoms with Crippen LogP contribution in [0.4, 0.5) is 0 Å². The lowest BCUT2D eigenvalue weighted by atomic mass is 9.95. The molecule has 1 fully saturated rings. The van der Waals surface area contributed by atoms with Crippen LogP contribution in [0, 0.1) is 5.92 Å². The molecule has 0 saturated carbocycles. The monoisotopic (exact) mass is 399 g/mol. The van der Waals surface area contributed by atoms with Gasteiger partial charge in [-0.1, -0.05) is 54.6 Å². The van der Waals surface area contributed by atoms with Gasteiger partial charge in [-0.25, -0.2) is 0 Å². The van der Waals surface area contributed by atoms with Crippen LogP contribution in [0.3, 0.4) is 0 Å². The Morgan fingerprint density at radius 2 is 1.77 bits per heavy atom. The first-order chi connectivity index (χ1) is 14.7. The van der Waals surface area contributed by atoms with Gasteiger partial charge >= 0.3 is 0 Å². The van der Waals surface area contributed by atoms with Crippen molar-refractivity contribution >= 4 is 28.8 Å². The smallest absolute Gasteiger partial charge is 0.246 e. The number of carbonyl (C=O) groups is 2. The average Bonchev–Trinajstić information content (AvgIpc) is 2.81. The number of hydrogen-bond acceptors (Lipinski definition) is 3. The summed E-state index contributed by atoms with van der Waals surface area (Å²) in [5.74, 6) is 0.0124. The third kappa shape index (κ3) is 4.74. The molecule has 1 aromatic heterocycles. The van der Waals surface area contributed by atoms with E-state index in [0.29, 0.717) is 32.5 Å². The molecule has 1 N–H and O–H groups in total. The Bertz CT molecular complexity index is 1050. The predicted molar refractivity (Wildman–Crippen MR) is 118 cm³/mol. The van der Waals surface area contributed by atoms with Crippen LogP contribution in [0.15, 0.2) is 72.9 Å². The van der Waals surface area contributed by atoms with E-state index >= 15 is 0 Å². The number of amides is 2. The van der Waals surface area contributed by atoms with Gasteiger partial charge in [0.25, 0.3) is 0 Å². The number of piperidine rings is 1. The molecule has 4 rings (SSSR count). The molecule has 3 aromatic rings. The number of benzene rings is 2.